The lowest BCUT2D eigenvalue weighted by molar-refractivity contribution is -0.141. The van der Waals surface area contributed by atoms with E-state index < -0.39 is 0 Å². The molecule has 0 amide bonds. The van der Waals surface area contributed by atoms with Crippen molar-refractivity contribution < 1.29 is 9.53 Å². The summed E-state index contributed by atoms with van der Waals surface area (Å²) in [5.74, 6) is 7.40. The fourth-order valence-electron chi connectivity index (χ4n) is 1.97. The number of nitrogen functional groups attached to an aromatic ring is 1. The van der Waals surface area contributed by atoms with E-state index in [0.29, 0.717) is 17.6 Å². The van der Waals surface area contributed by atoms with Gasteiger partial charge in [-0.2, -0.15) is 0 Å². The molecule has 1 heterocycles. The van der Waals surface area contributed by atoms with Crippen molar-refractivity contribution >= 4 is 29.5 Å². The number of hydrogen-bond donors (Lipinski definition) is 1. The van der Waals surface area contributed by atoms with E-state index in [1.54, 1.807) is 23.5 Å². The van der Waals surface area contributed by atoms with Gasteiger partial charge in [0.25, 0.3) is 0 Å². The molecule has 2 N–H and O–H groups in total. The number of nitrogens with zero attached hydrogens (tertiary/aromatic N) is 3. The van der Waals surface area contributed by atoms with Crippen LogP contribution in [0.4, 0.5) is 0 Å². The molecule has 0 unspecified atom stereocenters. The molecule has 2 rings (SSSR count). The van der Waals surface area contributed by atoms with Crippen LogP contribution in [0.5, 0.6) is 0 Å². The van der Waals surface area contributed by atoms with E-state index >= 15 is 0 Å². The number of unbranched alkanes of at least 4 members (excludes halogenated alkanes) is 1. The molecule has 1 aromatic carbocycles. The van der Waals surface area contributed by atoms with Gasteiger partial charge in [0, 0.05) is 23.1 Å². The third-order valence-electron chi connectivity index (χ3n) is 3.09. The maximum absolute atomic E-state index is 10.7. The first-order valence-corrected chi connectivity index (χ1v) is 9.44. The number of thioether (sulfide) groups is 2. The van der Waals surface area contributed by atoms with Crippen LogP contribution in [0.3, 0.4) is 0 Å². The average molecular weight is 352 g/mol. The molecule has 0 saturated heterocycles. The molecule has 0 aliphatic rings. The maximum Gasteiger partial charge on any atom is 0.302 e. The minimum absolute atomic E-state index is 0.239. The monoisotopic (exact) mass is 352 g/mol. The van der Waals surface area contributed by atoms with E-state index in [-0.39, 0.29) is 5.97 Å². The van der Waals surface area contributed by atoms with Crippen LogP contribution in [0.2, 0.25) is 0 Å². The highest BCUT2D eigenvalue weighted by Crippen LogP contribution is 2.29. The zero-order chi connectivity index (χ0) is 16.7. The quantitative estimate of drug-likeness (QED) is 0.338. The average Bonchev–Trinajstić information content (AvgIpc) is 2.91. The van der Waals surface area contributed by atoms with Gasteiger partial charge in [0.05, 0.1) is 6.61 Å². The predicted molar refractivity (Wildman–Crippen MR) is 94.0 cm³/mol. The Morgan fingerprint density at radius 3 is 2.83 bits per heavy atom. The molecule has 8 heteroatoms. The van der Waals surface area contributed by atoms with Crippen molar-refractivity contribution in [2.45, 2.75) is 29.8 Å². The highest BCUT2D eigenvalue weighted by Gasteiger charge is 2.14. The van der Waals surface area contributed by atoms with Gasteiger partial charge in [0.15, 0.2) is 5.82 Å². The van der Waals surface area contributed by atoms with Crippen molar-refractivity contribution in [1.29, 1.82) is 0 Å². The Bertz CT molecular complexity index is 661. The summed E-state index contributed by atoms with van der Waals surface area (Å²) < 4.78 is 6.43. The standard InChI is InChI=1S/C15H20N4O2S2/c1-11(20)21-9-5-6-10-23-15-18-17-14(19(15)16)12-7-3-4-8-13(12)22-2/h3-4,7-8H,5-6,9-10,16H2,1-2H3. The number of carbonyl (C=O) groups excluding carboxylic acids is 1. The van der Waals surface area contributed by atoms with Crippen molar-refractivity contribution in [2.24, 2.45) is 0 Å². The predicted octanol–water partition coefficient (Wildman–Crippen LogP) is 2.82. The van der Waals surface area contributed by atoms with Gasteiger partial charge in [-0.3, -0.25) is 4.79 Å². The van der Waals surface area contributed by atoms with Crippen molar-refractivity contribution in [3.63, 3.8) is 0 Å². The van der Waals surface area contributed by atoms with Crippen LogP contribution in [0, 0.1) is 0 Å². The summed E-state index contributed by atoms with van der Waals surface area (Å²) in [6, 6.07) is 7.99. The maximum atomic E-state index is 10.7. The van der Waals surface area contributed by atoms with E-state index in [2.05, 4.69) is 10.2 Å². The smallest absolute Gasteiger partial charge is 0.302 e. The van der Waals surface area contributed by atoms with Crippen LogP contribution in [0.1, 0.15) is 19.8 Å². The highest BCUT2D eigenvalue weighted by atomic mass is 32.2. The summed E-state index contributed by atoms with van der Waals surface area (Å²) in [6.45, 7) is 1.87. The number of benzene rings is 1. The molecule has 124 valence electrons. The summed E-state index contributed by atoms with van der Waals surface area (Å²) in [6.07, 6.45) is 3.77. The van der Waals surface area contributed by atoms with E-state index in [1.165, 1.54) is 11.6 Å². The van der Waals surface area contributed by atoms with Gasteiger partial charge < -0.3 is 10.6 Å². The Labute approximate surface area is 144 Å². The summed E-state index contributed by atoms with van der Waals surface area (Å²) in [5, 5.41) is 9.07. The molecule has 0 radical (unpaired) electrons. The molecule has 0 fully saturated rings. The number of rotatable bonds is 8. The second-order valence-corrected chi connectivity index (χ2v) is 6.68. The number of hydrogen-bond acceptors (Lipinski definition) is 7. The molecule has 2 aromatic rings. The minimum atomic E-state index is -0.239. The van der Waals surface area contributed by atoms with E-state index in [4.69, 9.17) is 10.6 Å². The van der Waals surface area contributed by atoms with E-state index in [0.717, 1.165) is 29.1 Å². The number of ether oxygens (including phenoxy) is 1. The molecule has 1 aromatic heterocycles. The Hall–Kier alpha value is -1.67. The Balaban J connectivity index is 1.93. The van der Waals surface area contributed by atoms with Gasteiger partial charge in [-0.25, -0.2) is 4.68 Å². The Morgan fingerprint density at radius 1 is 1.30 bits per heavy atom. The summed E-state index contributed by atoms with van der Waals surface area (Å²) in [4.78, 5) is 11.8. The first-order valence-electron chi connectivity index (χ1n) is 7.23. The van der Waals surface area contributed by atoms with Gasteiger partial charge in [0.1, 0.15) is 0 Å². The second kappa shape index (κ2) is 8.83. The van der Waals surface area contributed by atoms with Crippen molar-refractivity contribution in [3.05, 3.63) is 24.3 Å². The first-order chi connectivity index (χ1) is 11.1. The van der Waals surface area contributed by atoms with Crippen LogP contribution in [-0.4, -0.2) is 39.5 Å². The zero-order valence-electron chi connectivity index (χ0n) is 13.2. The molecule has 0 aliphatic carbocycles. The Morgan fingerprint density at radius 2 is 2.09 bits per heavy atom. The number of aromatic nitrogens is 3. The van der Waals surface area contributed by atoms with Crippen LogP contribution < -0.4 is 5.84 Å². The Kier molecular flexibility index (Phi) is 6.79. The topological polar surface area (TPSA) is 83.0 Å². The second-order valence-electron chi connectivity index (χ2n) is 4.77. The van der Waals surface area contributed by atoms with Crippen LogP contribution >= 0.6 is 23.5 Å². The third-order valence-corrected chi connectivity index (χ3v) is 4.91. The summed E-state index contributed by atoms with van der Waals surface area (Å²) in [5.41, 5.74) is 0.983. The molecule has 0 atom stereocenters. The SMILES string of the molecule is CSc1ccccc1-c1nnc(SCCCCOC(C)=O)n1N. The third kappa shape index (κ3) is 4.90. The molecule has 23 heavy (non-hydrogen) atoms. The number of esters is 1. The summed E-state index contributed by atoms with van der Waals surface area (Å²) in [7, 11) is 0. The number of carbonyl (C=O) groups is 1. The van der Waals surface area contributed by atoms with Gasteiger partial charge >= 0.3 is 5.97 Å². The lowest BCUT2D eigenvalue weighted by Crippen LogP contribution is -2.12. The van der Waals surface area contributed by atoms with Crippen molar-refractivity contribution in [1.82, 2.24) is 14.9 Å². The van der Waals surface area contributed by atoms with Crippen LogP contribution in [0.25, 0.3) is 11.4 Å². The lowest BCUT2D eigenvalue weighted by Gasteiger charge is -2.07. The van der Waals surface area contributed by atoms with Gasteiger partial charge in [0.2, 0.25) is 5.16 Å². The number of nitrogens with two attached hydrogens (primary N) is 1. The lowest BCUT2D eigenvalue weighted by atomic mass is 10.2. The summed E-state index contributed by atoms with van der Waals surface area (Å²) >= 11 is 3.20. The highest BCUT2D eigenvalue weighted by molar-refractivity contribution is 7.99. The largest absolute Gasteiger partial charge is 0.466 e. The molecule has 6 nitrogen and oxygen atoms in total. The van der Waals surface area contributed by atoms with Crippen LogP contribution in [-0.2, 0) is 9.53 Å². The molecule has 0 saturated carbocycles. The van der Waals surface area contributed by atoms with Gasteiger partial charge in [-0.15, -0.1) is 22.0 Å². The van der Waals surface area contributed by atoms with E-state index in [1.807, 2.05) is 30.5 Å². The van der Waals surface area contributed by atoms with Crippen molar-refractivity contribution in [2.75, 3.05) is 24.5 Å². The molecule has 0 bridgehead atoms. The minimum Gasteiger partial charge on any atom is -0.466 e. The zero-order valence-corrected chi connectivity index (χ0v) is 14.8. The normalized spacial score (nSPS) is 10.7. The fraction of sp³-hybridized carbons (Fsp3) is 0.400. The van der Waals surface area contributed by atoms with Crippen LogP contribution in [0.15, 0.2) is 34.3 Å². The van der Waals surface area contributed by atoms with E-state index in [9.17, 15) is 4.79 Å². The van der Waals surface area contributed by atoms with Gasteiger partial charge in [-0.1, -0.05) is 23.9 Å². The molecule has 0 aliphatic heterocycles. The van der Waals surface area contributed by atoms with Crippen molar-refractivity contribution in [3.8, 4) is 11.4 Å². The van der Waals surface area contributed by atoms with Gasteiger partial charge in [-0.05, 0) is 31.2 Å². The first kappa shape index (κ1) is 17.7. The molecular weight excluding hydrogens is 332 g/mol. The fourth-order valence-corrected chi connectivity index (χ4v) is 3.42. The molecular formula is C15H20N4O2S2. The molecule has 0 spiro atoms.